The molecule has 0 bridgehead atoms. The van der Waals surface area contributed by atoms with E-state index in [4.69, 9.17) is 10.5 Å². The van der Waals surface area contributed by atoms with E-state index >= 15 is 0 Å². The molecular formula is C18H26ClFN2O2. The molecule has 1 amide bonds. The third-order valence-corrected chi connectivity index (χ3v) is 5.28. The quantitative estimate of drug-likeness (QED) is 0.852. The van der Waals surface area contributed by atoms with Crippen LogP contribution in [0.4, 0.5) is 4.39 Å². The van der Waals surface area contributed by atoms with Crippen molar-refractivity contribution in [2.75, 3.05) is 13.1 Å². The van der Waals surface area contributed by atoms with Gasteiger partial charge in [-0.2, -0.15) is 0 Å². The maximum Gasteiger partial charge on any atom is 0.249 e. The van der Waals surface area contributed by atoms with Gasteiger partial charge in [-0.25, -0.2) is 4.39 Å². The zero-order chi connectivity index (χ0) is 16.3. The van der Waals surface area contributed by atoms with Gasteiger partial charge in [0, 0.05) is 18.5 Å². The second-order valence-electron chi connectivity index (χ2n) is 6.77. The molecule has 0 radical (unpaired) electrons. The summed E-state index contributed by atoms with van der Waals surface area (Å²) in [5.74, 6) is -0.271. The average molecular weight is 357 g/mol. The van der Waals surface area contributed by atoms with Crippen LogP contribution in [0.3, 0.4) is 0 Å². The van der Waals surface area contributed by atoms with Crippen molar-refractivity contribution in [3.63, 3.8) is 0 Å². The third-order valence-electron chi connectivity index (χ3n) is 5.28. The predicted molar refractivity (Wildman–Crippen MR) is 93.8 cm³/mol. The zero-order valence-electron chi connectivity index (χ0n) is 13.8. The Balaban J connectivity index is 0.00000208. The molecule has 6 heteroatoms. The van der Waals surface area contributed by atoms with E-state index in [1.54, 1.807) is 0 Å². The van der Waals surface area contributed by atoms with E-state index in [0.717, 1.165) is 44.1 Å². The lowest BCUT2D eigenvalue weighted by molar-refractivity contribution is -0.132. The van der Waals surface area contributed by atoms with Crippen molar-refractivity contribution >= 4 is 18.3 Å². The van der Waals surface area contributed by atoms with Gasteiger partial charge in [-0.1, -0.05) is 25.0 Å². The molecule has 1 heterocycles. The van der Waals surface area contributed by atoms with Crippen LogP contribution in [-0.2, 0) is 14.9 Å². The molecule has 134 valence electrons. The van der Waals surface area contributed by atoms with Crippen molar-refractivity contribution < 1.29 is 13.9 Å². The fourth-order valence-corrected chi connectivity index (χ4v) is 3.86. The monoisotopic (exact) mass is 356 g/mol. The lowest BCUT2D eigenvalue weighted by atomic mass is 9.78. The Bertz CT molecular complexity index is 546. The van der Waals surface area contributed by atoms with Crippen molar-refractivity contribution in [3.05, 3.63) is 35.6 Å². The van der Waals surface area contributed by atoms with Gasteiger partial charge in [0.25, 0.3) is 0 Å². The molecule has 0 spiro atoms. The van der Waals surface area contributed by atoms with Gasteiger partial charge in [-0.15, -0.1) is 12.4 Å². The Kier molecular flexibility index (Phi) is 6.61. The van der Waals surface area contributed by atoms with Crippen LogP contribution < -0.4 is 11.1 Å². The lowest BCUT2D eigenvalue weighted by Crippen LogP contribution is -2.43. The standard InChI is InChI=1S/C18H25FN2O2.ClH/c19-14-5-3-13(4-6-14)18(9-1-2-10-18)12-21-17(22)16-8-7-15(11-20)23-16;/h3-6,15-16H,1-2,7-12,20H2,(H,21,22);1H/t15-,16+;/m1./s1. The van der Waals surface area contributed by atoms with Gasteiger partial charge < -0.3 is 15.8 Å². The largest absolute Gasteiger partial charge is 0.364 e. The normalized spacial score (nSPS) is 25.2. The minimum atomic E-state index is -0.379. The molecule has 1 aliphatic heterocycles. The van der Waals surface area contributed by atoms with Crippen LogP contribution in [0.15, 0.2) is 24.3 Å². The molecule has 0 aromatic heterocycles. The highest BCUT2D eigenvalue weighted by atomic mass is 35.5. The van der Waals surface area contributed by atoms with Crippen LogP contribution in [0, 0.1) is 5.82 Å². The average Bonchev–Trinajstić information content (AvgIpc) is 3.23. The van der Waals surface area contributed by atoms with Gasteiger partial charge in [0.1, 0.15) is 11.9 Å². The molecular weight excluding hydrogens is 331 g/mol. The smallest absolute Gasteiger partial charge is 0.249 e. The number of halogens is 2. The molecule has 1 aromatic rings. The highest BCUT2D eigenvalue weighted by Crippen LogP contribution is 2.40. The Morgan fingerprint density at radius 3 is 2.50 bits per heavy atom. The highest BCUT2D eigenvalue weighted by molar-refractivity contribution is 5.85. The number of ether oxygens (including phenoxy) is 1. The Labute approximate surface area is 148 Å². The van der Waals surface area contributed by atoms with Gasteiger partial charge in [-0.3, -0.25) is 4.79 Å². The zero-order valence-corrected chi connectivity index (χ0v) is 14.6. The van der Waals surface area contributed by atoms with Crippen LogP contribution >= 0.6 is 12.4 Å². The molecule has 1 aliphatic carbocycles. The van der Waals surface area contributed by atoms with Crippen LogP contribution in [0.2, 0.25) is 0 Å². The molecule has 24 heavy (non-hydrogen) atoms. The summed E-state index contributed by atoms with van der Waals surface area (Å²) < 4.78 is 18.8. The molecule has 3 rings (SSSR count). The molecule has 4 nitrogen and oxygen atoms in total. The van der Waals surface area contributed by atoms with Gasteiger partial charge in [0.05, 0.1) is 6.10 Å². The molecule has 2 fully saturated rings. The predicted octanol–water partition coefficient (Wildman–Crippen LogP) is 2.68. The molecule has 1 saturated heterocycles. The van der Waals surface area contributed by atoms with E-state index in [0.29, 0.717) is 13.1 Å². The number of nitrogens with two attached hydrogens (primary N) is 1. The van der Waals surface area contributed by atoms with Crippen LogP contribution in [0.25, 0.3) is 0 Å². The maximum atomic E-state index is 13.2. The lowest BCUT2D eigenvalue weighted by Gasteiger charge is -2.30. The number of rotatable bonds is 5. The summed E-state index contributed by atoms with van der Waals surface area (Å²) in [5, 5.41) is 3.07. The minimum absolute atomic E-state index is 0. The first kappa shape index (κ1) is 19.2. The number of carbonyl (C=O) groups is 1. The Morgan fingerprint density at radius 1 is 1.25 bits per heavy atom. The summed E-state index contributed by atoms with van der Waals surface area (Å²) in [4.78, 5) is 12.4. The number of hydrogen-bond acceptors (Lipinski definition) is 3. The SMILES string of the molecule is Cl.NC[C@H]1CC[C@@H](C(=O)NCC2(c3ccc(F)cc3)CCCC2)O1. The van der Waals surface area contributed by atoms with Crippen molar-refractivity contribution in [1.82, 2.24) is 5.32 Å². The summed E-state index contributed by atoms with van der Waals surface area (Å²) in [6.07, 6.45) is 5.53. The van der Waals surface area contributed by atoms with E-state index in [9.17, 15) is 9.18 Å². The third kappa shape index (κ3) is 4.08. The van der Waals surface area contributed by atoms with E-state index in [2.05, 4.69) is 5.32 Å². The number of carbonyl (C=O) groups excluding carboxylic acids is 1. The van der Waals surface area contributed by atoms with Gasteiger partial charge in [-0.05, 0) is 43.4 Å². The first-order chi connectivity index (χ1) is 11.1. The second-order valence-corrected chi connectivity index (χ2v) is 6.77. The minimum Gasteiger partial charge on any atom is -0.364 e. The van der Waals surface area contributed by atoms with Crippen LogP contribution in [-0.4, -0.2) is 31.2 Å². The molecule has 1 aromatic carbocycles. The number of hydrogen-bond donors (Lipinski definition) is 2. The second kappa shape index (κ2) is 8.28. The van der Waals surface area contributed by atoms with Gasteiger partial charge in [0.2, 0.25) is 5.91 Å². The van der Waals surface area contributed by atoms with E-state index in [1.807, 2.05) is 12.1 Å². The van der Waals surface area contributed by atoms with Crippen molar-refractivity contribution in [3.8, 4) is 0 Å². The summed E-state index contributed by atoms with van der Waals surface area (Å²) in [7, 11) is 0. The molecule has 2 atom stereocenters. The van der Waals surface area contributed by atoms with Gasteiger partial charge in [0.15, 0.2) is 0 Å². The molecule has 1 saturated carbocycles. The van der Waals surface area contributed by atoms with Crippen molar-refractivity contribution in [2.24, 2.45) is 5.73 Å². The topological polar surface area (TPSA) is 64.4 Å². The summed E-state index contributed by atoms with van der Waals surface area (Å²) in [5.41, 5.74) is 6.63. The molecule has 2 aliphatic rings. The van der Waals surface area contributed by atoms with E-state index in [-0.39, 0.29) is 41.8 Å². The summed E-state index contributed by atoms with van der Waals surface area (Å²) in [6, 6.07) is 6.71. The Hall–Kier alpha value is -1.17. The number of nitrogens with one attached hydrogen (secondary N) is 1. The first-order valence-corrected chi connectivity index (χ1v) is 8.52. The van der Waals surface area contributed by atoms with E-state index in [1.165, 1.54) is 12.1 Å². The van der Waals surface area contributed by atoms with Gasteiger partial charge >= 0.3 is 0 Å². The van der Waals surface area contributed by atoms with Crippen molar-refractivity contribution in [2.45, 2.75) is 56.1 Å². The maximum absolute atomic E-state index is 13.2. The highest BCUT2D eigenvalue weighted by Gasteiger charge is 2.37. The number of benzene rings is 1. The summed E-state index contributed by atoms with van der Waals surface area (Å²) >= 11 is 0. The van der Waals surface area contributed by atoms with Crippen LogP contribution in [0.5, 0.6) is 0 Å². The van der Waals surface area contributed by atoms with E-state index < -0.39 is 0 Å². The molecule has 0 unspecified atom stereocenters. The first-order valence-electron chi connectivity index (χ1n) is 8.52. The Morgan fingerprint density at radius 2 is 1.92 bits per heavy atom. The fourth-order valence-electron chi connectivity index (χ4n) is 3.86. The number of amides is 1. The van der Waals surface area contributed by atoms with Crippen molar-refractivity contribution in [1.29, 1.82) is 0 Å². The van der Waals surface area contributed by atoms with Crippen LogP contribution in [0.1, 0.15) is 44.1 Å². The fraction of sp³-hybridized carbons (Fsp3) is 0.611. The molecule has 3 N–H and O–H groups in total. The summed E-state index contributed by atoms with van der Waals surface area (Å²) in [6.45, 7) is 1.05.